The lowest BCUT2D eigenvalue weighted by Gasteiger charge is -2.58. The van der Waals surface area contributed by atoms with Gasteiger partial charge in [0.1, 0.15) is 0 Å². The van der Waals surface area contributed by atoms with Gasteiger partial charge in [0.25, 0.3) is 0 Å². The predicted octanol–water partition coefficient (Wildman–Crippen LogP) is 8.15. The van der Waals surface area contributed by atoms with Crippen LogP contribution in [0.25, 0.3) is 0 Å². The van der Waals surface area contributed by atoms with E-state index in [-0.39, 0.29) is 5.41 Å². The molecular weight excluding hydrogens is 364 g/mol. The molecule has 0 aromatic carbocycles. The van der Waals surface area contributed by atoms with Crippen molar-refractivity contribution in [1.82, 2.24) is 0 Å². The predicted molar refractivity (Wildman–Crippen MR) is 127 cm³/mol. The molecule has 0 saturated heterocycles. The molecule has 2 saturated carbocycles. The Morgan fingerprint density at radius 1 is 1.00 bits per heavy atom. The molecule has 0 unspecified atom stereocenters. The highest BCUT2D eigenvalue weighted by atomic mass is 16.1. The summed E-state index contributed by atoms with van der Waals surface area (Å²) in [5, 5.41) is 0. The zero-order chi connectivity index (χ0) is 21.7. The SMILES string of the molecule is CCC1=CC2=CC(=O)CC[C@]2(C)[C@H]2CC[C@]3(C)[C@@H]([C@H](C)CCCC(C)C)CC[C@H]3[C@H]12. The minimum Gasteiger partial charge on any atom is -0.295 e. The molecule has 4 rings (SSSR count). The van der Waals surface area contributed by atoms with Crippen LogP contribution in [0.4, 0.5) is 0 Å². The minimum atomic E-state index is 0.236. The largest absolute Gasteiger partial charge is 0.295 e. The lowest BCUT2D eigenvalue weighted by Crippen LogP contribution is -2.50. The zero-order valence-corrected chi connectivity index (χ0v) is 20.6. The number of hydrogen-bond acceptors (Lipinski definition) is 1. The Hall–Kier alpha value is -0.850. The molecule has 4 aliphatic rings. The van der Waals surface area contributed by atoms with E-state index >= 15 is 0 Å². The summed E-state index contributed by atoms with van der Waals surface area (Å²) in [5.74, 6) is 5.34. The number of allylic oxidation sites excluding steroid dienone is 4. The van der Waals surface area contributed by atoms with Gasteiger partial charge in [0.15, 0.2) is 5.78 Å². The quantitative estimate of drug-likeness (QED) is 0.431. The summed E-state index contributed by atoms with van der Waals surface area (Å²) in [7, 11) is 0. The molecule has 1 nitrogen and oxygen atoms in total. The molecule has 0 aliphatic heterocycles. The van der Waals surface area contributed by atoms with E-state index in [0.717, 1.165) is 54.8 Å². The first-order chi connectivity index (χ1) is 14.2. The Morgan fingerprint density at radius 3 is 2.47 bits per heavy atom. The highest BCUT2D eigenvalue weighted by molar-refractivity contribution is 5.92. The van der Waals surface area contributed by atoms with Crippen LogP contribution in [0.3, 0.4) is 0 Å². The smallest absolute Gasteiger partial charge is 0.156 e. The number of carbonyl (C=O) groups excluding carboxylic acids is 1. The first-order valence-electron chi connectivity index (χ1n) is 13.2. The molecule has 0 spiro atoms. The van der Waals surface area contributed by atoms with E-state index in [4.69, 9.17) is 0 Å². The van der Waals surface area contributed by atoms with Crippen molar-refractivity contribution in [2.24, 2.45) is 46.3 Å². The third-order valence-corrected chi connectivity index (χ3v) is 10.3. The molecule has 0 amide bonds. The van der Waals surface area contributed by atoms with Gasteiger partial charge in [-0.1, -0.05) is 72.5 Å². The van der Waals surface area contributed by atoms with Gasteiger partial charge >= 0.3 is 0 Å². The highest BCUT2D eigenvalue weighted by Gasteiger charge is 2.59. The monoisotopic (exact) mass is 410 g/mol. The molecular formula is C29H46O. The van der Waals surface area contributed by atoms with Crippen molar-refractivity contribution >= 4 is 5.78 Å². The fourth-order valence-electron chi connectivity index (χ4n) is 8.57. The van der Waals surface area contributed by atoms with Crippen LogP contribution in [0.2, 0.25) is 0 Å². The standard InChI is InChI=1S/C29H46O/c1-7-21-17-22-18-23(30)13-15-28(22,5)26-14-16-29(6)24(11-12-25(29)27(21)26)20(4)10-8-9-19(2)3/h17-20,24-27H,7-16H2,1-6H3/t20-,24-,25+,26+,27+,28+,29-/m1/s1. The van der Waals surface area contributed by atoms with Crippen molar-refractivity contribution in [3.05, 3.63) is 23.3 Å². The molecule has 0 N–H and O–H groups in total. The molecule has 30 heavy (non-hydrogen) atoms. The van der Waals surface area contributed by atoms with Gasteiger partial charge in [-0.15, -0.1) is 0 Å². The summed E-state index contributed by atoms with van der Waals surface area (Å²) >= 11 is 0. The molecule has 7 atom stereocenters. The average Bonchev–Trinajstić information content (AvgIpc) is 3.05. The van der Waals surface area contributed by atoms with Crippen LogP contribution in [0.15, 0.2) is 23.3 Å². The molecule has 0 aromatic rings. The maximum Gasteiger partial charge on any atom is 0.156 e. The van der Waals surface area contributed by atoms with Crippen LogP contribution >= 0.6 is 0 Å². The second kappa shape index (κ2) is 8.25. The number of carbonyl (C=O) groups is 1. The summed E-state index contributed by atoms with van der Waals surface area (Å²) < 4.78 is 0. The summed E-state index contributed by atoms with van der Waals surface area (Å²) in [6, 6.07) is 0. The molecule has 0 radical (unpaired) electrons. The van der Waals surface area contributed by atoms with Crippen LogP contribution < -0.4 is 0 Å². The van der Waals surface area contributed by atoms with E-state index in [9.17, 15) is 4.79 Å². The maximum absolute atomic E-state index is 12.2. The van der Waals surface area contributed by atoms with Crippen molar-refractivity contribution in [3.63, 3.8) is 0 Å². The van der Waals surface area contributed by atoms with Crippen molar-refractivity contribution < 1.29 is 4.79 Å². The average molecular weight is 411 g/mol. The van der Waals surface area contributed by atoms with Crippen LogP contribution in [-0.2, 0) is 4.79 Å². The van der Waals surface area contributed by atoms with Gasteiger partial charge in [0.05, 0.1) is 0 Å². The fourth-order valence-corrected chi connectivity index (χ4v) is 8.57. The third-order valence-electron chi connectivity index (χ3n) is 10.3. The first-order valence-corrected chi connectivity index (χ1v) is 13.2. The second-order valence-corrected chi connectivity index (χ2v) is 12.3. The minimum absolute atomic E-state index is 0.236. The molecule has 0 aromatic heterocycles. The van der Waals surface area contributed by atoms with E-state index in [2.05, 4.69) is 47.6 Å². The van der Waals surface area contributed by atoms with E-state index in [0.29, 0.717) is 11.2 Å². The van der Waals surface area contributed by atoms with Gasteiger partial charge < -0.3 is 0 Å². The lowest BCUT2D eigenvalue weighted by molar-refractivity contribution is -0.116. The van der Waals surface area contributed by atoms with E-state index in [1.807, 2.05) is 6.08 Å². The fraction of sp³-hybridized carbons (Fsp3) is 0.828. The van der Waals surface area contributed by atoms with E-state index in [1.165, 1.54) is 50.5 Å². The Bertz CT molecular complexity index is 727. The Balaban J connectivity index is 1.60. The number of ketones is 1. The van der Waals surface area contributed by atoms with Crippen molar-refractivity contribution in [2.45, 2.75) is 106 Å². The zero-order valence-electron chi connectivity index (χ0n) is 20.6. The van der Waals surface area contributed by atoms with Gasteiger partial charge in [-0.25, -0.2) is 0 Å². The summed E-state index contributed by atoms with van der Waals surface area (Å²) in [6.07, 6.45) is 17.4. The molecule has 1 heteroatoms. The van der Waals surface area contributed by atoms with Gasteiger partial charge in [-0.2, -0.15) is 0 Å². The summed E-state index contributed by atoms with van der Waals surface area (Å²) in [6.45, 7) is 14.8. The Kier molecular flexibility index (Phi) is 6.15. The van der Waals surface area contributed by atoms with Gasteiger partial charge in [-0.05, 0) is 96.5 Å². The van der Waals surface area contributed by atoms with Crippen LogP contribution in [-0.4, -0.2) is 5.78 Å². The highest BCUT2D eigenvalue weighted by Crippen LogP contribution is 2.67. The summed E-state index contributed by atoms with van der Waals surface area (Å²) in [5.41, 5.74) is 3.80. The molecule has 168 valence electrons. The Morgan fingerprint density at radius 2 is 1.77 bits per heavy atom. The van der Waals surface area contributed by atoms with Crippen LogP contribution in [0, 0.1) is 46.3 Å². The molecule has 2 fully saturated rings. The maximum atomic E-state index is 12.2. The number of hydrogen-bond donors (Lipinski definition) is 0. The van der Waals surface area contributed by atoms with Crippen LogP contribution in [0.1, 0.15) is 106 Å². The topological polar surface area (TPSA) is 17.1 Å². The second-order valence-electron chi connectivity index (χ2n) is 12.3. The van der Waals surface area contributed by atoms with E-state index < -0.39 is 0 Å². The number of rotatable bonds is 6. The normalized spacial score (nSPS) is 41.6. The van der Waals surface area contributed by atoms with Gasteiger partial charge in [-0.3, -0.25) is 4.79 Å². The number of fused-ring (bicyclic) bond motifs is 5. The van der Waals surface area contributed by atoms with Crippen molar-refractivity contribution in [3.8, 4) is 0 Å². The first kappa shape index (κ1) is 22.3. The lowest BCUT2D eigenvalue weighted by atomic mass is 9.46. The summed E-state index contributed by atoms with van der Waals surface area (Å²) in [4.78, 5) is 12.2. The van der Waals surface area contributed by atoms with Crippen molar-refractivity contribution in [1.29, 1.82) is 0 Å². The molecule has 0 heterocycles. The molecule has 4 aliphatic carbocycles. The Labute approximate surface area is 186 Å². The third kappa shape index (κ3) is 3.57. The van der Waals surface area contributed by atoms with Gasteiger partial charge in [0.2, 0.25) is 0 Å². The molecule has 0 bridgehead atoms. The van der Waals surface area contributed by atoms with E-state index in [1.54, 1.807) is 5.57 Å². The van der Waals surface area contributed by atoms with Crippen molar-refractivity contribution in [2.75, 3.05) is 0 Å². The van der Waals surface area contributed by atoms with Gasteiger partial charge in [0, 0.05) is 6.42 Å². The van der Waals surface area contributed by atoms with Crippen LogP contribution in [0.5, 0.6) is 0 Å².